The lowest BCUT2D eigenvalue weighted by atomic mass is 9.83. The van der Waals surface area contributed by atoms with Crippen LogP contribution in [0.5, 0.6) is 5.75 Å². The first-order chi connectivity index (χ1) is 20.0. The standard InChI is InChI=1S/C33H45N5O3.2ClH/c1-24-19-27(21-28(20-24)36-13-11-34-12-14-36)33(40)38-17-15-37(16-18-38)32(39)26-7-8-31(41-29-9-10-35-23-29)30(22-26)25-5-3-2-4-6-25;;/h7-8,19-22,25,29,34-35H,2-6,9-18,23H2,1H3;2*1H/t29-;;/m0../s1. The molecular weight excluding hydrogens is 585 g/mol. The van der Waals surface area contributed by atoms with Gasteiger partial charge in [-0.2, -0.15) is 0 Å². The molecule has 2 N–H and O–H groups in total. The van der Waals surface area contributed by atoms with Crippen molar-refractivity contribution >= 4 is 42.3 Å². The van der Waals surface area contributed by atoms with Crippen LogP contribution >= 0.6 is 24.8 Å². The molecule has 43 heavy (non-hydrogen) atoms. The van der Waals surface area contributed by atoms with Crippen LogP contribution in [0.3, 0.4) is 0 Å². The van der Waals surface area contributed by atoms with Crippen LogP contribution in [0.4, 0.5) is 5.69 Å². The highest BCUT2D eigenvalue weighted by atomic mass is 35.5. The van der Waals surface area contributed by atoms with Crippen molar-refractivity contribution in [1.29, 1.82) is 0 Å². The molecule has 1 aliphatic carbocycles. The van der Waals surface area contributed by atoms with Gasteiger partial charge < -0.3 is 30.1 Å². The third kappa shape index (κ3) is 7.96. The minimum absolute atomic E-state index is 0. The molecule has 2 aromatic carbocycles. The van der Waals surface area contributed by atoms with E-state index in [1.54, 1.807) is 0 Å². The number of piperazine rings is 2. The number of ether oxygens (including phenoxy) is 1. The Balaban J connectivity index is 0.00000212. The van der Waals surface area contributed by atoms with Crippen molar-refractivity contribution < 1.29 is 14.3 Å². The number of nitrogens with one attached hydrogen (secondary N) is 2. The Morgan fingerprint density at radius 2 is 1.42 bits per heavy atom. The van der Waals surface area contributed by atoms with Gasteiger partial charge in [-0.05, 0) is 86.2 Å². The van der Waals surface area contributed by atoms with Crippen LogP contribution in [0.2, 0.25) is 0 Å². The summed E-state index contributed by atoms with van der Waals surface area (Å²) in [6, 6.07) is 12.3. The molecule has 6 rings (SSSR count). The molecule has 4 fully saturated rings. The number of hydrogen-bond acceptors (Lipinski definition) is 6. The van der Waals surface area contributed by atoms with E-state index in [0.717, 1.165) is 86.7 Å². The van der Waals surface area contributed by atoms with Crippen LogP contribution < -0.4 is 20.3 Å². The van der Waals surface area contributed by atoms with Crippen molar-refractivity contribution in [3.63, 3.8) is 0 Å². The molecule has 0 spiro atoms. The van der Waals surface area contributed by atoms with E-state index in [1.165, 1.54) is 24.8 Å². The molecule has 3 aliphatic heterocycles. The number of amides is 2. The fourth-order valence-corrected chi connectivity index (χ4v) is 6.90. The van der Waals surface area contributed by atoms with Crippen molar-refractivity contribution in [3.8, 4) is 5.75 Å². The first-order valence-corrected chi connectivity index (χ1v) is 15.7. The van der Waals surface area contributed by atoms with E-state index in [9.17, 15) is 9.59 Å². The number of carbonyl (C=O) groups excluding carboxylic acids is 2. The van der Waals surface area contributed by atoms with Crippen LogP contribution in [0.25, 0.3) is 0 Å². The summed E-state index contributed by atoms with van der Waals surface area (Å²) in [4.78, 5) is 33.3. The minimum Gasteiger partial charge on any atom is -0.489 e. The smallest absolute Gasteiger partial charge is 0.254 e. The van der Waals surface area contributed by atoms with Gasteiger partial charge in [-0.3, -0.25) is 9.59 Å². The molecular formula is C33H47Cl2N5O3. The molecule has 2 aromatic rings. The number of halogens is 2. The van der Waals surface area contributed by atoms with Crippen molar-refractivity contribution in [1.82, 2.24) is 20.4 Å². The van der Waals surface area contributed by atoms with Gasteiger partial charge in [0.25, 0.3) is 11.8 Å². The normalized spacial score (nSPS) is 21.1. The average Bonchev–Trinajstić information content (AvgIpc) is 3.54. The Kier molecular flexibility index (Phi) is 12.0. The highest BCUT2D eigenvalue weighted by Crippen LogP contribution is 2.39. The molecule has 0 radical (unpaired) electrons. The zero-order valence-electron chi connectivity index (χ0n) is 25.3. The third-order valence-corrected chi connectivity index (χ3v) is 9.26. The van der Waals surface area contributed by atoms with Gasteiger partial charge in [-0.1, -0.05) is 19.3 Å². The largest absolute Gasteiger partial charge is 0.489 e. The Morgan fingerprint density at radius 3 is 2.07 bits per heavy atom. The zero-order chi connectivity index (χ0) is 28.2. The topological polar surface area (TPSA) is 77.2 Å². The monoisotopic (exact) mass is 631 g/mol. The first kappa shape index (κ1) is 33.4. The van der Waals surface area contributed by atoms with E-state index in [2.05, 4.69) is 34.6 Å². The second kappa shape index (κ2) is 15.5. The molecule has 1 saturated carbocycles. The Hall–Kier alpha value is -2.52. The molecule has 3 saturated heterocycles. The number of hydrogen-bond donors (Lipinski definition) is 2. The molecule has 0 bridgehead atoms. The van der Waals surface area contributed by atoms with Crippen LogP contribution in [0, 0.1) is 6.92 Å². The Morgan fingerprint density at radius 1 is 0.744 bits per heavy atom. The second-order valence-electron chi connectivity index (χ2n) is 12.2. The lowest BCUT2D eigenvalue weighted by Gasteiger charge is -2.35. The number of rotatable bonds is 6. The highest BCUT2D eigenvalue weighted by molar-refractivity contribution is 5.97. The highest BCUT2D eigenvalue weighted by Gasteiger charge is 2.28. The molecule has 4 aliphatic rings. The van der Waals surface area contributed by atoms with Crippen molar-refractivity contribution in [2.75, 3.05) is 70.3 Å². The Bertz CT molecular complexity index is 1240. The van der Waals surface area contributed by atoms with E-state index >= 15 is 0 Å². The lowest BCUT2D eigenvalue weighted by Crippen LogP contribution is -2.50. The first-order valence-electron chi connectivity index (χ1n) is 15.7. The van der Waals surface area contributed by atoms with Gasteiger partial charge in [0.05, 0.1) is 0 Å². The number of carbonyl (C=O) groups is 2. The van der Waals surface area contributed by atoms with Crippen LogP contribution in [0.1, 0.15) is 76.3 Å². The van der Waals surface area contributed by atoms with Gasteiger partial charge in [0, 0.05) is 75.7 Å². The zero-order valence-corrected chi connectivity index (χ0v) is 26.9. The van der Waals surface area contributed by atoms with Crippen LogP contribution in [-0.4, -0.2) is 93.2 Å². The van der Waals surface area contributed by atoms with Crippen LogP contribution in [-0.2, 0) is 0 Å². The molecule has 0 aromatic heterocycles. The summed E-state index contributed by atoms with van der Waals surface area (Å²) in [5.74, 6) is 1.52. The van der Waals surface area contributed by atoms with Gasteiger partial charge in [0.2, 0.25) is 0 Å². The minimum atomic E-state index is 0. The van der Waals surface area contributed by atoms with Crippen molar-refractivity contribution in [2.45, 2.75) is 57.5 Å². The summed E-state index contributed by atoms with van der Waals surface area (Å²) in [6.07, 6.45) is 7.31. The molecule has 8 nitrogen and oxygen atoms in total. The quantitative estimate of drug-likeness (QED) is 0.484. The van der Waals surface area contributed by atoms with Gasteiger partial charge in [-0.15, -0.1) is 24.8 Å². The maximum atomic E-state index is 13.7. The molecule has 3 heterocycles. The van der Waals surface area contributed by atoms with Crippen LogP contribution in [0.15, 0.2) is 36.4 Å². The summed E-state index contributed by atoms with van der Waals surface area (Å²) in [5.41, 5.74) is 4.90. The summed E-state index contributed by atoms with van der Waals surface area (Å²) in [7, 11) is 0. The maximum absolute atomic E-state index is 13.7. The van der Waals surface area contributed by atoms with E-state index < -0.39 is 0 Å². The number of anilines is 1. The van der Waals surface area contributed by atoms with Crippen molar-refractivity contribution in [2.24, 2.45) is 0 Å². The molecule has 1 atom stereocenters. The summed E-state index contributed by atoms with van der Waals surface area (Å²) in [5, 5.41) is 6.78. The lowest BCUT2D eigenvalue weighted by molar-refractivity contribution is 0.0535. The summed E-state index contributed by atoms with van der Waals surface area (Å²) < 4.78 is 6.44. The molecule has 0 unspecified atom stereocenters. The second-order valence-corrected chi connectivity index (χ2v) is 12.2. The van der Waals surface area contributed by atoms with Crippen molar-refractivity contribution in [3.05, 3.63) is 58.7 Å². The van der Waals surface area contributed by atoms with E-state index in [0.29, 0.717) is 32.1 Å². The average molecular weight is 633 g/mol. The van der Waals surface area contributed by atoms with Gasteiger partial charge in [-0.25, -0.2) is 0 Å². The third-order valence-electron chi connectivity index (χ3n) is 9.26. The van der Waals surface area contributed by atoms with Gasteiger partial charge >= 0.3 is 0 Å². The Labute approximate surface area is 268 Å². The summed E-state index contributed by atoms with van der Waals surface area (Å²) in [6.45, 7) is 9.95. The van der Waals surface area contributed by atoms with Gasteiger partial charge in [0.1, 0.15) is 11.9 Å². The number of aryl methyl sites for hydroxylation is 1. The maximum Gasteiger partial charge on any atom is 0.254 e. The molecule has 236 valence electrons. The number of benzene rings is 2. The predicted molar refractivity (Wildman–Crippen MR) is 177 cm³/mol. The summed E-state index contributed by atoms with van der Waals surface area (Å²) >= 11 is 0. The molecule has 2 amide bonds. The predicted octanol–water partition coefficient (Wildman–Crippen LogP) is 4.63. The molecule has 10 heteroatoms. The van der Waals surface area contributed by atoms with E-state index in [-0.39, 0.29) is 42.7 Å². The van der Waals surface area contributed by atoms with E-state index in [1.807, 2.05) is 34.1 Å². The fraction of sp³-hybridized carbons (Fsp3) is 0.576. The van der Waals surface area contributed by atoms with E-state index in [4.69, 9.17) is 4.74 Å². The SMILES string of the molecule is Cc1cc(C(=O)N2CCN(C(=O)c3ccc(O[C@H]4CCNC4)c(C4CCCCC4)c3)CC2)cc(N2CCNCC2)c1.Cl.Cl. The number of nitrogens with zero attached hydrogens (tertiary/aromatic N) is 3. The fourth-order valence-electron chi connectivity index (χ4n) is 6.90. The van der Waals surface area contributed by atoms with Gasteiger partial charge in [0.15, 0.2) is 0 Å².